The molecule has 1 saturated heterocycles. The molecule has 1 aliphatic rings. The molecule has 1 fully saturated rings. The average molecular weight is 390 g/mol. The molecule has 4 rings (SSSR count). The van der Waals surface area contributed by atoms with Crippen molar-refractivity contribution in [3.05, 3.63) is 65.9 Å². The van der Waals surface area contributed by atoms with Crippen molar-refractivity contribution in [2.75, 3.05) is 38.2 Å². The quantitative estimate of drug-likeness (QED) is 0.737. The number of methoxy groups -OCH3 is 1. The van der Waals surface area contributed by atoms with E-state index in [0.29, 0.717) is 12.2 Å². The van der Waals surface area contributed by atoms with Crippen molar-refractivity contribution < 1.29 is 9.53 Å². The lowest BCUT2D eigenvalue weighted by molar-refractivity contribution is 0.0760. The van der Waals surface area contributed by atoms with Crippen LogP contribution in [-0.4, -0.2) is 54.3 Å². The Bertz CT molecular complexity index is 966. The van der Waals surface area contributed by atoms with E-state index in [1.165, 1.54) is 0 Å². The molecule has 0 unspecified atom stereocenters. The van der Waals surface area contributed by atoms with Crippen LogP contribution in [0.1, 0.15) is 22.5 Å². The molecular formula is C23H26N4O2. The number of nitrogens with one attached hydrogen (secondary N) is 1. The van der Waals surface area contributed by atoms with Gasteiger partial charge in [-0.3, -0.25) is 9.89 Å². The fourth-order valence-corrected chi connectivity index (χ4v) is 3.81. The van der Waals surface area contributed by atoms with Crippen LogP contribution in [0.2, 0.25) is 0 Å². The first-order chi connectivity index (χ1) is 14.2. The van der Waals surface area contributed by atoms with Crippen LogP contribution in [0.25, 0.3) is 11.3 Å². The summed E-state index contributed by atoms with van der Waals surface area (Å²) in [5.41, 5.74) is 4.49. The summed E-state index contributed by atoms with van der Waals surface area (Å²) in [5, 5.41) is 7.39. The number of nitrogens with zero attached hydrogens (tertiary/aromatic N) is 3. The van der Waals surface area contributed by atoms with Gasteiger partial charge in [-0.15, -0.1) is 0 Å². The maximum atomic E-state index is 13.2. The van der Waals surface area contributed by atoms with Gasteiger partial charge in [-0.25, -0.2) is 0 Å². The number of benzene rings is 2. The van der Waals surface area contributed by atoms with Crippen LogP contribution in [0.15, 0.2) is 54.6 Å². The largest absolute Gasteiger partial charge is 0.497 e. The molecule has 1 aromatic heterocycles. The zero-order valence-electron chi connectivity index (χ0n) is 16.9. The van der Waals surface area contributed by atoms with E-state index in [0.717, 1.165) is 54.3 Å². The Kier molecular flexibility index (Phi) is 5.51. The van der Waals surface area contributed by atoms with Crippen molar-refractivity contribution in [3.63, 3.8) is 0 Å². The Morgan fingerprint density at radius 2 is 1.76 bits per heavy atom. The molecule has 3 aromatic rings. The summed E-state index contributed by atoms with van der Waals surface area (Å²) in [5.74, 6) is 0.873. The molecule has 6 nitrogen and oxygen atoms in total. The highest BCUT2D eigenvalue weighted by molar-refractivity contribution is 5.95. The van der Waals surface area contributed by atoms with Gasteiger partial charge in [0.2, 0.25) is 0 Å². The minimum atomic E-state index is 0.0220. The van der Waals surface area contributed by atoms with Crippen molar-refractivity contribution in [3.8, 4) is 17.0 Å². The van der Waals surface area contributed by atoms with Gasteiger partial charge in [-0.1, -0.05) is 30.3 Å². The Hall–Kier alpha value is -3.28. The number of amides is 1. The zero-order chi connectivity index (χ0) is 20.2. The Labute approximate surface area is 171 Å². The van der Waals surface area contributed by atoms with Gasteiger partial charge in [0.25, 0.3) is 5.91 Å². The van der Waals surface area contributed by atoms with Crippen LogP contribution in [0, 0.1) is 6.92 Å². The number of ether oxygens (including phenoxy) is 1. The number of carbonyl (C=O) groups excluding carboxylic acids is 1. The highest BCUT2D eigenvalue weighted by atomic mass is 16.5. The smallest absolute Gasteiger partial charge is 0.272 e. The molecule has 0 spiro atoms. The number of aromatic nitrogens is 2. The van der Waals surface area contributed by atoms with Crippen LogP contribution in [0.5, 0.6) is 5.75 Å². The first-order valence-electron chi connectivity index (χ1n) is 9.96. The molecule has 0 bridgehead atoms. The van der Waals surface area contributed by atoms with E-state index in [-0.39, 0.29) is 5.91 Å². The first-order valence-corrected chi connectivity index (χ1v) is 9.96. The Balaban J connectivity index is 1.47. The molecule has 2 heterocycles. The second-order valence-corrected chi connectivity index (χ2v) is 7.27. The molecular weight excluding hydrogens is 364 g/mol. The third kappa shape index (κ3) is 3.97. The number of hydrogen-bond acceptors (Lipinski definition) is 4. The van der Waals surface area contributed by atoms with E-state index in [4.69, 9.17) is 4.74 Å². The number of rotatable bonds is 4. The SMILES string of the molecule is COc1ccc(N2CCCN(C(=O)c3[nH]nc(-c4ccccc4)c3C)CC2)cc1. The van der Waals surface area contributed by atoms with Gasteiger partial charge in [0.1, 0.15) is 11.4 Å². The maximum absolute atomic E-state index is 13.2. The van der Waals surface area contributed by atoms with E-state index in [9.17, 15) is 4.79 Å². The van der Waals surface area contributed by atoms with E-state index >= 15 is 0 Å². The lowest BCUT2D eigenvalue weighted by Crippen LogP contribution is -2.35. The van der Waals surface area contributed by atoms with Crippen LogP contribution in [-0.2, 0) is 0 Å². The topological polar surface area (TPSA) is 61.5 Å². The van der Waals surface area contributed by atoms with E-state index in [1.54, 1.807) is 7.11 Å². The molecule has 1 aliphatic heterocycles. The molecule has 29 heavy (non-hydrogen) atoms. The molecule has 0 atom stereocenters. The first kappa shape index (κ1) is 19.1. The van der Waals surface area contributed by atoms with Gasteiger partial charge in [0.15, 0.2) is 0 Å². The van der Waals surface area contributed by atoms with Crippen molar-refractivity contribution in [2.24, 2.45) is 0 Å². The molecule has 1 amide bonds. The second kappa shape index (κ2) is 8.39. The van der Waals surface area contributed by atoms with Crippen LogP contribution < -0.4 is 9.64 Å². The van der Waals surface area contributed by atoms with Gasteiger partial charge in [-0.2, -0.15) is 5.10 Å². The summed E-state index contributed by atoms with van der Waals surface area (Å²) >= 11 is 0. The van der Waals surface area contributed by atoms with Crippen molar-refractivity contribution in [2.45, 2.75) is 13.3 Å². The second-order valence-electron chi connectivity index (χ2n) is 7.27. The monoisotopic (exact) mass is 390 g/mol. The summed E-state index contributed by atoms with van der Waals surface area (Å²) in [6.07, 6.45) is 0.927. The minimum absolute atomic E-state index is 0.0220. The Morgan fingerprint density at radius 3 is 2.48 bits per heavy atom. The lowest BCUT2D eigenvalue weighted by Gasteiger charge is -2.23. The predicted octanol–water partition coefficient (Wildman–Crippen LogP) is 3.75. The van der Waals surface area contributed by atoms with Crippen LogP contribution >= 0.6 is 0 Å². The van der Waals surface area contributed by atoms with E-state index in [2.05, 4.69) is 27.2 Å². The maximum Gasteiger partial charge on any atom is 0.272 e. The minimum Gasteiger partial charge on any atom is -0.497 e. The fraction of sp³-hybridized carbons (Fsp3) is 0.304. The molecule has 0 aliphatic carbocycles. The Morgan fingerprint density at radius 1 is 1.00 bits per heavy atom. The zero-order valence-corrected chi connectivity index (χ0v) is 16.9. The van der Waals surface area contributed by atoms with Crippen molar-refractivity contribution in [1.82, 2.24) is 15.1 Å². The number of H-pyrrole nitrogens is 1. The highest BCUT2D eigenvalue weighted by Gasteiger charge is 2.24. The van der Waals surface area contributed by atoms with Crippen molar-refractivity contribution >= 4 is 11.6 Å². The van der Waals surface area contributed by atoms with Crippen LogP contribution in [0.4, 0.5) is 5.69 Å². The highest BCUT2D eigenvalue weighted by Crippen LogP contribution is 2.25. The van der Waals surface area contributed by atoms with E-state index in [1.807, 2.05) is 54.3 Å². The fourth-order valence-electron chi connectivity index (χ4n) is 3.81. The summed E-state index contributed by atoms with van der Waals surface area (Å²) in [6, 6.07) is 18.0. The lowest BCUT2D eigenvalue weighted by atomic mass is 10.1. The molecule has 0 saturated carbocycles. The summed E-state index contributed by atoms with van der Waals surface area (Å²) in [4.78, 5) is 17.4. The van der Waals surface area contributed by atoms with Crippen molar-refractivity contribution in [1.29, 1.82) is 0 Å². The summed E-state index contributed by atoms with van der Waals surface area (Å²) < 4.78 is 5.24. The number of hydrogen-bond donors (Lipinski definition) is 1. The molecule has 150 valence electrons. The van der Waals surface area contributed by atoms with Gasteiger partial charge < -0.3 is 14.5 Å². The predicted molar refractivity (Wildman–Crippen MR) is 114 cm³/mol. The number of aromatic amines is 1. The molecule has 6 heteroatoms. The van der Waals surface area contributed by atoms with Gasteiger partial charge in [0, 0.05) is 43.0 Å². The summed E-state index contributed by atoms with van der Waals surface area (Å²) in [7, 11) is 1.67. The number of anilines is 1. The third-order valence-corrected chi connectivity index (χ3v) is 5.49. The normalized spacial score (nSPS) is 14.6. The molecule has 2 aromatic carbocycles. The average Bonchev–Trinajstić information content (AvgIpc) is 2.99. The molecule has 0 radical (unpaired) electrons. The standard InChI is InChI=1S/C23H26N4O2/c1-17-21(18-7-4-3-5-8-18)24-25-22(17)23(28)27-14-6-13-26(15-16-27)19-9-11-20(29-2)12-10-19/h3-5,7-12H,6,13-16H2,1-2H3,(H,24,25). The van der Waals surface area contributed by atoms with Gasteiger partial charge in [0.05, 0.1) is 12.8 Å². The van der Waals surface area contributed by atoms with E-state index < -0.39 is 0 Å². The van der Waals surface area contributed by atoms with Gasteiger partial charge in [-0.05, 0) is 37.6 Å². The van der Waals surface area contributed by atoms with Gasteiger partial charge >= 0.3 is 0 Å². The molecule has 1 N–H and O–H groups in total. The number of carbonyl (C=O) groups is 1. The third-order valence-electron chi connectivity index (χ3n) is 5.49. The van der Waals surface area contributed by atoms with Crippen LogP contribution in [0.3, 0.4) is 0 Å². The summed E-state index contributed by atoms with van der Waals surface area (Å²) in [6.45, 7) is 5.11.